The van der Waals surface area contributed by atoms with E-state index < -0.39 is 12.1 Å². The topological polar surface area (TPSA) is 46.2 Å². The van der Waals surface area contributed by atoms with E-state index in [0.29, 0.717) is 10.0 Å². The van der Waals surface area contributed by atoms with Crippen molar-refractivity contribution in [2.45, 2.75) is 19.1 Å². The summed E-state index contributed by atoms with van der Waals surface area (Å²) in [4.78, 5) is 0. The second-order valence-corrected chi connectivity index (χ2v) is 3.88. The highest BCUT2D eigenvalue weighted by Crippen LogP contribution is 2.20. The summed E-state index contributed by atoms with van der Waals surface area (Å²) < 4.78 is 13.5. The first kappa shape index (κ1) is 10.6. The Morgan fingerprint density at radius 1 is 1.46 bits per heavy atom. The maximum absolute atomic E-state index is 12.9. The van der Waals surface area contributed by atoms with Gasteiger partial charge in [0.05, 0.1) is 12.1 Å². The normalized spacial score (nSPS) is 15.5. The van der Waals surface area contributed by atoms with Crippen LogP contribution in [0, 0.1) is 5.82 Å². The zero-order valence-corrected chi connectivity index (χ0v) is 8.75. The third-order valence-electron chi connectivity index (χ3n) is 1.79. The van der Waals surface area contributed by atoms with Crippen molar-refractivity contribution < 1.29 is 9.50 Å². The van der Waals surface area contributed by atoms with E-state index in [2.05, 4.69) is 15.9 Å². The molecule has 3 N–H and O–H groups in total. The molecule has 2 atom stereocenters. The van der Waals surface area contributed by atoms with Gasteiger partial charge in [-0.25, -0.2) is 4.39 Å². The summed E-state index contributed by atoms with van der Waals surface area (Å²) in [6.07, 6.45) is -0.686. The van der Waals surface area contributed by atoms with Crippen LogP contribution in [0.3, 0.4) is 0 Å². The van der Waals surface area contributed by atoms with Crippen LogP contribution < -0.4 is 5.73 Å². The van der Waals surface area contributed by atoms with Gasteiger partial charge in [0.25, 0.3) is 0 Å². The van der Waals surface area contributed by atoms with E-state index in [9.17, 15) is 9.50 Å². The van der Waals surface area contributed by atoms with E-state index in [0.717, 1.165) is 0 Å². The molecule has 0 aliphatic carbocycles. The number of aliphatic hydroxyl groups excluding tert-OH is 1. The van der Waals surface area contributed by atoms with Gasteiger partial charge < -0.3 is 10.8 Å². The number of halogens is 2. The number of aliphatic hydroxyl groups is 1. The highest BCUT2D eigenvalue weighted by molar-refractivity contribution is 9.10. The standard InChI is InChI=1S/C9H11BrFNO/c1-5(13)9(12)6-2-7(10)4-8(11)3-6/h2-5,9,13H,12H2,1H3. The summed E-state index contributed by atoms with van der Waals surface area (Å²) >= 11 is 3.15. The van der Waals surface area contributed by atoms with Crippen molar-refractivity contribution >= 4 is 15.9 Å². The SMILES string of the molecule is CC(O)C(N)c1cc(F)cc(Br)c1. The van der Waals surface area contributed by atoms with Gasteiger partial charge >= 0.3 is 0 Å². The molecular formula is C9H11BrFNO. The molecule has 13 heavy (non-hydrogen) atoms. The average Bonchev–Trinajstić information content (AvgIpc) is 2.01. The van der Waals surface area contributed by atoms with Gasteiger partial charge in [0.15, 0.2) is 0 Å². The Morgan fingerprint density at radius 2 is 2.08 bits per heavy atom. The van der Waals surface area contributed by atoms with Gasteiger partial charge in [-0.05, 0) is 30.7 Å². The molecule has 0 spiro atoms. The molecule has 2 unspecified atom stereocenters. The van der Waals surface area contributed by atoms with Crippen molar-refractivity contribution in [3.05, 3.63) is 34.1 Å². The van der Waals surface area contributed by atoms with Gasteiger partial charge in [0.2, 0.25) is 0 Å². The van der Waals surface area contributed by atoms with Gasteiger partial charge in [-0.15, -0.1) is 0 Å². The molecule has 1 aromatic rings. The maximum atomic E-state index is 12.9. The molecule has 1 aromatic carbocycles. The zero-order valence-electron chi connectivity index (χ0n) is 7.17. The number of nitrogens with two attached hydrogens (primary N) is 1. The van der Waals surface area contributed by atoms with Gasteiger partial charge in [-0.1, -0.05) is 15.9 Å². The van der Waals surface area contributed by atoms with Crippen molar-refractivity contribution in [1.29, 1.82) is 0 Å². The highest BCUT2D eigenvalue weighted by atomic mass is 79.9. The van der Waals surface area contributed by atoms with E-state index in [1.807, 2.05) is 0 Å². The average molecular weight is 248 g/mol. The summed E-state index contributed by atoms with van der Waals surface area (Å²) in [5.41, 5.74) is 6.22. The molecule has 0 heterocycles. The van der Waals surface area contributed by atoms with Crippen LogP contribution in [-0.2, 0) is 0 Å². The minimum Gasteiger partial charge on any atom is -0.391 e. The fraction of sp³-hybridized carbons (Fsp3) is 0.333. The summed E-state index contributed by atoms with van der Waals surface area (Å²) in [5, 5.41) is 9.19. The Morgan fingerprint density at radius 3 is 2.54 bits per heavy atom. The van der Waals surface area contributed by atoms with Crippen LogP contribution in [0.4, 0.5) is 4.39 Å². The first-order valence-electron chi connectivity index (χ1n) is 3.90. The lowest BCUT2D eigenvalue weighted by molar-refractivity contribution is 0.164. The minimum atomic E-state index is -0.686. The maximum Gasteiger partial charge on any atom is 0.124 e. The lowest BCUT2D eigenvalue weighted by Crippen LogP contribution is -2.23. The van der Waals surface area contributed by atoms with Gasteiger partial charge in [0, 0.05) is 4.47 Å². The number of rotatable bonds is 2. The molecule has 0 amide bonds. The largest absolute Gasteiger partial charge is 0.391 e. The van der Waals surface area contributed by atoms with Gasteiger partial charge in [-0.3, -0.25) is 0 Å². The summed E-state index contributed by atoms with van der Waals surface area (Å²) in [6.45, 7) is 1.57. The van der Waals surface area contributed by atoms with Crippen LogP contribution >= 0.6 is 15.9 Å². The highest BCUT2D eigenvalue weighted by Gasteiger charge is 2.13. The van der Waals surface area contributed by atoms with Crippen LogP contribution in [0.15, 0.2) is 22.7 Å². The molecule has 0 aliphatic rings. The van der Waals surface area contributed by atoms with E-state index >= 15 is 0 Å². The van der Waals surface area contributed by atoms with Crippen molar-refractivity contribution in [1.82, 2.24) is 0 Å². The zero-order chi connectivity index (χ0) is 10.0. The second-order valence-electron chi connectivity index (χ2n) is 2.97. The molecule has 0 radical (unpaired) electrons. The number of hydrogen-bond acceptors (Lipinski definition) is 2. The minimum absolute atomic E-state index is 0.361. The number of benzene rings is 1. The van der Waals surface area contributed by atoms with Crippen LogP contribution in [0.25, 0.3) is 0 Å². The molecule has 0 fully saturated rings. The molecule has 0 saturated heterocycles. The summed E-state index contributed by atoms with van der Waals surface area (Å²) in [5.74, 6) is -0.361. The van der Waals surface area contributed by atoms with E-state index in [-0.39, 0.29) is 5.82 Å². The predicted octanol–water partition coefficient (Wildman–Crippen LogP) is 1.97. The molecule has 2 nitrogen and oxygen atoms in total. The molecule has 0 aromatic heterocycles. The lowest BCUT2D eigenvalue weighted by Gasteiger charge is -2.15. The Hall–Kier alpha value is -0.450. The van der Waals surface area contributed by atoms with E-state index in [1.54, 1.807) is 13.0 Å². The van der Waals surface area contributed by atoms with Crippen molar-refractivity contribution in [3.8, 4) is 0 Å². The van der Waals surface area contributed by atoms with Crippen LogP contribution in [0.1, 0.15) is 18.5 Å². The molecule has 0 saturated carbocycles. The summed E-state index contributed by atoms with van der Waals surface area (Å²) in [6, 6.07) is 3.81. The van der Waals surface area contributed by atoms with Crippen LogP contribution in [0.2, 0.25) is 0 Å². The third-order valence-corrected chi connectivity index (χ3v) is 2.25. The first-order chi connectivity index (χ1) is 6.00. The molecule has 4 heteroatoms. The molecule has 0 bridgehead atoms. The smallest absolute Gasteiger partial charge is 0.124 e. The fourth-order valence-corrected chi connectivity index (χ4v) is 1.53. The van der Waals surface area contributed by atoms with Crippen LogP contribution in [-0.4, -0.2) is 11.2 Å². The fourth-order valence-electron chi connectivity index (χ4n) is 1.05. The van der Waals surface area contributed by atoms with Gasteiger partial charge in [-0.2, -0.15) is 0 Å². The van der Waals surface area contributed by atoms with Crippen molar-refractivity contribution in [2.24, 2.45) is 5.73 Å². The monoisotopic (exact) mass is 247 g/mol. The summed E-state index contributed by atoms with van der Waals surface area (Å²) in [7, 11) is 0. The molecule has 72 valence electrons. The second kappa shape index (κ2) is 4.17. The quantitative estimate of drug-likeness (QED) is 0.840. The van der Waals surface area contributed by atoms with E-state index in [4.69, 9.17) is 5.73 Å². The number of hydrogen-bond donors (Lipinski definition) is 2. The van der Waals surface area contributed by atoms with Gasteiger partial charge in [0.1, 0.15) is 5.82 Å². The molecular weight excluding hydrogens is 237 g/mol. The first-order valence-corrected chi connectivity index (χ1v) is 4.69. The predicted molar refractivity (Wildman–Crippen MR) is 52.7 cm³/mol. The molecule has 0 aliphatic heterocycles. The van der Waals surface area contributed by atoms with Crippen LogP contribution in [0.5, 0.6) is 0 Å². The molecule has 1 rings (SSSR count). The van der Waals surface area contributed by atoms with Crippen molar-refractivity contribution in [3.63, 3.8) is 0 Å². The Labute approximate surface area is 84.7 Å². The van der Waals surface area contributed by atoms with Crippen molar-refractivity contribution in [2.75, 3.05) is 0 Å². The third kappa shape index (κ3) is 2.76. The Bertz CT molecular complexity index is 283. The Balaban J connectivity index is 3.01. The Kier molecular flexibility index (Phi) is 3.41. The van der Waals surface area contributed by atoms with E-state index in [1.165, 1.54) is 12.1 Å². The lowest BCUT2D eigenvalue weighted by atomic mass is 10.0.